The fraction of sp³-hybridized carbons (Fsp3) is 0.455. The highest BCUT2D eigenvalue weighted by Gasteiger charge is 2.08. The molecule has 0 N–H and O–H groups in total. The van der Waals surface area contributed by atoms with E-state index in [1.807, 2.05) is 0 Å². The van der Waals surface area contributed by atoms with Crippen molar-refractivity contribution < 1.29 is 0 Å². The van der Waals surface area contributed by atoms with Crippen LogP contribution in [0.4, 0.5) is 5.69 Å². The van der Waals surface area contributed by atoms with Crippen molar-refractivity contribution in [2.24, 2.45) is 0 Å². The van der Waals surface area contributed by atoms with Crippen molar-refractivity contribution in [3.63, 3.8) is 0 Å². The molecule has 0 aliphatic rings. The standard InChI is InChI=1S/C11H18NP/c1-5-13(4)11-9-7-6-8-10(11)12(2)3/h6-9H,5H2,1-4H3. The fourth-order valence-corrected chi connectivity index (χ4v) is 2.68. The summed E-state index contributed by atoms with van der Waals surface area (Å²) in [6.45, 7) is 4.61. The van der Waals surface area contributed by atoms with Gasteiger partial charge < -0.3 is 4.90 Å². The number of hydrogen-bond acceptors (Lipinski definition) is 1. The topological polar surface area (TPSA) is 3.24 Å². The van der Waals surface area contributed by atoms with Crippen molar-refractivity contribution in [2.45, 2.75) is 6.92 Å². The molecule has 1 rings (SSSR count). The van der Waals surface area contributed by atoms with Gasteiger partial charge in [-0.2, -0.15) is 0 Å². The maximum absolute atomic E-state index is 2.34. The van der Waals surface area contributed by atoms with Crippen molar-refractivity contribution in [1.82, 2.24) is 0 Å². The van der Waals surface area contributed by atoms with E-state index in [0.29, 0.717) is 0 Å². The van der Waals surface area contributed by atoms with Crippen molar-refractivity contribution in [1.29, 1.82) is 0 Å². The molecule has 13 heavy (non-hydrogen) atoms. The lowest BCUT2D eigenvalue weighted by Gasteiger charge is -2.20. The third kappa shape index (κ3) is 2.45. The summed E-state index contributed by atoms with van der Waals surface area (Å²) in [6.07, 6.45) is 1.26. The van der Waals surface area contributed by atoms with E-state index in [1.165, 1.54) is 17.2 Å². The van der Waals surface area contributed by atoms with Gasteiger partial charge in [-0.05, 0) is 24.2 Å². The van der Waals surface area contributed by atoms with E-state index in [1.54, 1.807) is 0 Å². The average Bonchev–Trinajstić information content (AvgIpc) is 2.16. The van der Waals surface area contributed by atoms with Crippen LogP contribution in [0.1, 0.15) is 6.92 Å². The van der Waals surface area contributed by atoms with E-state index in [9.17, 15) is 0 Å². The van der Waals surface area contributed by atoms with Crippen LogP contribution in [0, 0.1) is 0 Å². The maximum atomic E-state index is 2.34. The third-order valence-electron chi connectivity index (χ3n) is 2.25. The van der Waals surface area contributed by atoms with Crippen molar-refractivity contribution >= 4 is 18.9 Å². The Morgan fingerprint density at radius 3 is 2.38 bits per heavy atom. The summed E-state index contributed by atoms with van der Waals surface area (Å²) in [5.74, 6) is 0. The minimum atomic E-state index is 0.0316. The lowest BCUT2D eigenvalue weighted by molar-refractivity contribution is 1.14. The molecule has 1 atom stereocenters. The average molecular weight is 195 g/mol. The Morgan fingerprint density at radius 1 is 1.23 bits per heavy atom. The van der Waals surface area contributed by atoms with E-state index < -0.39 is 0 Å². The van der Waals surface area contributed by atoms with Gasteiger partial charge in [0.1, 0.15) is 0 Å². The second-order valence-corrected chi connectivity index (χ2v) is 5.91. The van der Waals surface area contributed by atoms with Gasteiger partial charge in [0.05, 0.1) is 0 Å². The molecule has 72 valence electrons. The number of para-hydroxylation sites is 1. The summed E-state index contributed by atoms with van der Waals surface area (Å²) in [4.78, 5) is 2.20. The Kier molecular flexibility index (Phi) is 3.74. The highest BCUT2D eigenvalue weighted by Crippen LogP contribution is 2.32. The molecular weight excluding hydrogens is 177 g/mol. The molecule has 0 fully saturated rings. The van der Waals surface area contributed by atoms with Gasteiger partial charge in [0.2, 0.25) is 0 Å². The van der Waals surface area contributed by atoms with Gasteiger partial charge in [0.25, 0.3) is 0 Å². The van der Waals surface area contributed by atoms with Crippen LogP contribution in [0.15, 0.2) is 24.3 Å². The van der Waals surface area contributed by atoms with Crippen molar-refractivity contribution in [2.75, 3.05) is 31.8 Å². The van der Waals surface area contributed by atoms with Crippen LogP contribution in [0.5, 0.6) is 0 Å². The largest absolute Gasteiger partial charge is 0.377 e. The number of hydrogen-bond donors (Lipinski definition) is 0. The molecule has 0 bridgehead atoms. The zero-order valence-electron chi connectivity index (χ0n) is 8.91. The summed E-state index contributed by atoms with van der Waals surface area (Å²) in [6, 6.07) is 8.70. The maximum Gasteiger partial charge on any atom is 0.0438 e. The van der Waals surface area contributed by atoms with Crippen molar-refractivity contribution in [3.05, 3.63) is 24.3 Å². The summed E-state index contributed by atoms with van der Waals surface area (Å²) in [7, 11) is 4.25. The van der Waals surface area contributed by atoms with Crippen LogP contribution in [0.2, 0.25) is 0 Å². The van der Waals surface area contributed by atoms with E-state index in [4.69, 9.17) is 0 Å². The highest BCUT2D eigenvalue weighted by molar-refractivity contribution is 7.65. The normalized spacial score (nSPS) is 12.6. The molecule has 0 saturated heterocycles. The van der Waals surface area contributed by atoms with E-state index in [0.717, 1.165) is 0 Å². The Morgan fingerprint density at radius 2 is 1.85 bits per heavy atom. The van der Waals surface area contributed by atoms with Crippen LogP contribution in [-0.2, 0) is 0 Å². The molecule has 1 aromatic rings. The monoisotopic (exact) mass is 195 g/mol. The molecule has 0 aliphatic heterocycles. The Labute approximate surface area is 82.5 Å². The van der Waals surface area contributed by atoms with Gasteiger partial charge in [0, 0.05) is 19.8 Å². The summed E-state index contributed by atoms with van der Waals surface area (Å²) in [5, 5.41) is 1.52. The van der Waals surface area contributed by atoms with Crippen LogP contribution in [0.25, 0.3) is 0 Å². The number of nitrogens with zero attached hydrogens (tertiary/aromatic N) is 1. The first kappa shape index (κ1) is 10.5. The highest BCUT2D eigenvalue weighted by atomic mass is 31.1. The van der Waals surface area contributed by atoms with Gasteiger partial charge in [-0.15, -0.1) is 0 Å². The summed E-state index contributed by atoms with van der Waals surface area (Å²) >= 11 is 0. The number of benzene rings is 1. The second-order valence-electron chi connectivity index (χ2n) is 3.40. The van der Waals surface area contributed by atoms with Gasteiger partial charge >= 0.3 is 0 Å². The molecule has 1 aromatic carbocycles. The molecule has 0 saturated carbocycles. The Hall–Kier alpha value is -0.550. The summed E-state index contributed by atoms with van der Waals surface area (Å²) < 4.78 is 0. The zero-order chi connectivity index (χ0) is 9.84. The van der Waals surface area contributed by atoms with Crippen LogP contribution in [0.3, 0.4) is 0 Å². The van der Waals surface area contributed by atoms with Gasteiger partial charge in [-0.1, -0.05) is 33.0 Å². The smallest absolute Gasteiger partial charge is 0.0438 e. The minimum absolute atomic E-state index is 0.0316. The van der Waals surface area contributed by atoms with Gasteiger partial charge in [0.15, 0.2) is 0 Å². The molecule has 0 aliphatic carbocycles. The van der Waals surface area contributed by atoms with Crippen molar-refractivity contribution in [3.8, 4) is 0 Å². The lowest BCUT2D eigenvalue weighted by atomic mass is 10.3. The molecule has 0 radical (unpaired) electrons. The first-order valence-corrected chi connectivity index (χ1v) is 6.61. The molecule has 0 heterocycles. The molecule has 2 heteroatoms. The Bertz CT molecular complexity index is 271. The molecule has 1 unspecified atom stereocenters. The molecule has 1 nitrogen and oxygen atoms in total. The lowest BCUT2D eigenvalue weighted by Crippen LogP contribution is -2.17. The Balaban J connectivity index is 3.04. The fourth-order valence-electron chi connectivity index (χ4n) is 1.34. The SMILES string of the molecule is CCP(C)c1ccccc1N(C)C. The third-order valence-corrected chi connectivity index (χ3v) is 4.40. The van der Waals surface area contributed by atoms with E-state index in [-0.39, 0.29) is 7.92 Å². The predicted molar refractivity (Wildman–Crippen MR) is 63.8 cm³/mol. The first-order chi connectivity index (χ1) is 6.16. The molecule has 0 spiro atoms. The summed E-state index contributed by atoms with van der Waals surface area (Å²) in [5.41, 5.74) is 1.37. The first-order valence-electron chi connectivity index (χ1n) is 4.64. The van der Waals surface area contributed by atoms with E-state index in [2.05, 4.69) is 56.8 Å². The number of anilines is 1. The minimum Gasteiger partial charge on any atom is -0.377 e. The van der Waals surface area contributed by atoms with Crippen LogP contribution in [-0.4, -0.2) is 26.9 Å². The zero-order valence-corrected chi connectivity index (χ0v) is 9.81. The van der Waals surface area contributed by atoms with Crippen LogP contribution < -0.4 is 10.2 Å². The van der Waals surface area contributed by atoms with Gasteiger partial charge in [-0.3, -0.25) is 0 Å². The quantitative estimate of drug-likeness (QED) is 0.670. The molecule has 0 aromatic heterocycles. The van der Waals surface area contributed by atoms with Gasteiger partial charge in [-0.25, -0.2) is 0 Å². The predicted octanol–water partition coefficient (Wildman–Crippen LogP) is 2.51. The second kappa shape index (κ2) is 4.62. The number of rotatable bonds is 3. The van der Waals surface area contributed by atoms with E-state index >= 15 is 0 Å². The molecule has 0 amide bonds. The van der Waals surface area contributed by atoms with Crippen LogP contribution >= 0.6 is 7.92 Å². The molecular formula is C11H18NP.